The number of para-hydroxylation sites is 1. The molecule has 3 aromatic rings. The largest absolute Gasteiger partial charge is 0.392 e. The van der Waals surface area contributed by atoms with Crippen molar-refractivity contribution in [2.75, 3.05) is 11.4 Å². The van der Waals surface area contributed by atoms with E-state index in [2.05, 4.69) is 19.7 Å². The molecule has 1 N–H and O–H groups in total. The Morgan fingerprint density at radius 1 is 1.19 bits per heavy atom. The highest BCUT2D eigenvalue weighted by molar-refractivity contribution is 5.84. The molecule has 1 aromatic carbocycles. The van der Waals surface area contributed by atoms with Gasteiger partial charge in [-0.3, -0.25) is 0 Å². The number of pyridine rings is 1. The molecule has 3 heterocycles. The van der Waals surface area contributed by atoms with Crippen LogP contribution in [0.5, 0.6) is 0 Å². The smallest absolute Gasteiger partial charge is 0.152 e. The van der Waals surface area contributed by atoms with Crippen molar-refractivity contribution in [1.29, 1.82) is 0 Å². The van der Waals surface area contributed by atoms with Gasteiger partial charge in [0.05, 0.1) is 18.7 Å². The van der Waals surface area contributed by atoms with Crippen LogP contribution in [0, 0.1) is 0 Å². The third kappa shape index (κ3) is 2.04. The number of rotatable bonds is 2. The fraction of sp³-hybridized carbons (Fsp3) is 0.267. The summed E-state index contributed by atoms with van der Waals surface area (Å²) in [5.41, 5.74) is 1.81. The van der Waals surface area contributed by atoms with E-state index in [1.165, 1.54) is 0 Å². The van der Waals surface area contributed by atoms with Gasteiger partial charge in [-0.25, -0.2) is 4.98 Å². The maximum Gasteiger partial charge on any atom is 0.152 e. The second-order valence-corrected chi connectivity index (χ2v) is 5.18. The van der Waals surface area contributed by atoms with Gasteiger partial charge in [0.2, 0.25) is 0 Å². The Balaban J connectivity index is 1.77. The third-order valence-corrected chi connectivity index (χ3v) is 3.92. The van der Waals surface area contributed by atoms with Crippen LogP contribution in [0.25, 0.3) is 10.9 Å². The molecule has 106 valence electrons. The van der Waals surface area contributed by atoms with E-state index in [0.29, 0.717) is 6.54 Å². The molecule has 2 aromatic heterocycles. The van der Waals surface area contributed by atoms with E-state index in [0.717, 1.165) is 41.2 Å². The Kier molecular flexibility index (Phi) is 2.82. The number of anilines is 1. The molecule has 1 aliphatic heterocycles. The lowest BCUT2D eigenvalue weighted by Crippen LogP contribution is -2.34. The van der Waals surface area contributed by atoms with Gasteiger partial charge in [0, 0.05) is 18.5 Å². The summed E-state index contributed by atoms with van der Waals surface area (Å²) in [7, 11) is 0. The van der Waals surface area contributed by atoms with Crippen LogP contribution in [0.15, 0.2) is 36.7 Å². The lowest BCUT2D eigenvalue weighted by molar-refractivity contribution is 0.283. The minimum absolute atomic E-state index is 0.0139. The van der Waals surface area contributed by atoms with Gasteiger partial charge in [-0.05, 0) is 17.7 Å². The summed E-state index contributed by atoms with van der Waals surface area (Å²) in [5.74, 6) is 1.83. The fourth-order valence-corrected chi connectivity index (χ4v) is 2.79. The molecule has 0 saturated heterocycles. The van der Waals surface area contributed by atoms with Crippen molar-refractivity contribution < 1.29 is 5.11 Å². The molecular weight excluding hydrogens is 266 g/mol. The standard InChI is InChI=1S/C15H15N5O/c21-9-11-7-14(17-13-4-2-1-3-12(11)13)19-5-6-20-10-16-18-15(20)8-19/h1-4,7,10,21H,5-6,8-9H2. The van der Waals surface area contributed by atoms with Gasteiger partial charge >= 0.3 is 0 Å². The van der Waals surface area contributed by atoms with Crippen LogP contribution >= 0.6 is 0 Å². The highest BCUT2D eigenvalue weighted by Crippen LogP contribution is 2.25. The van der Waals surface area contributed by atoms with Crippen molar-refractivity contribution in [3.8, 4) is 0 Å². The maximum absolute atomic E-state index is 9.61. The molecule has 0 amide bonds. The Morgan fingerprint density at radius 2 is 2.10 bits per heavy atom. The highest BCUT2D eigenvalue weighted by Gasteiger charge is 2.19. The fourth-order valence-electron chi connectivity index (χ4n) is 2.79. The zero-order valence-electron chi connectivity index (χ0n) is 11.5. The highest BCUT2D eigenvalue weighted by atomic mass is 16.3. The van der Waals surface area contributed by atoms with Crippen LogP contribution in [0.4, 0.5) is 5.82 Å². The van der Waals surface area contributed by atoms with Crippen LogP contribution < -0.4 is 4.90 Å². The van der Waals surface area contributed by atoms with E-state index >= 15 is 0 Å². The number of aliphatic hydroxyl groups excluding tert-OH is 1. The average molecular weight is 281 g/mol. The van der Waals surface area contributed by atoms with E-state index < -0.39 is 0 Å². The van der Waals surface area contributed by atoms with Crippen molar-refractivity contribution in [1.82, 2.24) is 19.7 Å². The van der Waals surface area contributed by atoms with Gasteiger partial charge in [0.15, 0.2) is 5.82 Å². The first-order valence-electron chi connectivity index (χ1n) is 6.96. The number of hydrogen-bond donors (Lipinski definition) is 1. The van der Waals surface area contributed by atoms with Crippen molar-refractivity contribution in [3.05, 3.63) is 48.0 Å². The average Bonchev–Trinajstić information content (AvgIpc) is 3.01. The second-order valence-electron chi connectivity index (χ2n) is 5.18. The van der Waals surface area contributed by atoms with E-state index in [9.17, 15) is 5.11 Å². The SMILES string of the molecule is OCc1cc(N2CCn3cnnc3C2)nc2ccccc12. The molecule has 6 nitrogen and oxygen atoms in total. The minimum Gasteiger partial charge on any atom is -0.392 e. The second kappa shape index (κ2) is 4.82. The Hall–Kier alpha value is -2.47. The van der Waals surface area contributed by atoms with E-state index in [-0.39, 0.29) is 6.61 Å². The summed E-state index contributed by atoms with van der Waals surface area (Å²) in [4.78, 5) is 6.90. The Bertz CT molecular complexity index is 798. The zero-order chi connectivity index (χ0) is 14.2. The molecule has 21 heavy (non-hydrogen) atoms. The van der Waals surface area contributed by atoms with Crippen LogP contribution in [0.1, 0.15) is 11.4 Å². The van der Waals surface area contributed by atoms with Gasteiger partial charge in [0.25, 0.3) is 0 Å². The summed E-state index contributed by atoms with van der Waals surface area (Å²) in [6.45, 7) is 2.42. The molecular formula is C15H15N5O. The van der Waals surface area contributed by atoms with Crippen LogP contribution in [0.2, 0.25) is 0 Å². The van der Waals surface area contributed by atoms with Gasteiger partial charge in [-0.15, -0.1) is 10.2 Å². The molecule has 0 saturated carbocycles. The summed E-state index contributed by atoms with van der Waals surface area (Å²) < 4.78 is 2.06. The Labute approximate surface area is 121 Å². The van der Waals surface area contributed by atoms with Crippen molar-refractivity contribution in [2.45, 2.75) is 19.7 Å². The van der Waals surface area contributed by atoms with E-state index in [4.69, 9.17) is 4.98 Å². The van der Waals surface area contributed by atoms with Gasteiger partial charge in [0.1, 0.15) is 12.1 Å². The molecule has 0 radical (unpaired) electrons. The minimum atomic E-state index is 0.0139. The molecule has 0 aliphatic carbocycles. The van der Waals surface area contributed by atoms with E-state index in [1.807, 2.05) is 30.3 Å². The number of benzene rings is 1. The molecule has 0 bridgehead atoms. The molecule has 0 spiro atoms. The van der Waals surface area contributed by atoms with E-state index in [1.54, 1.807) is 6.33 Å². The van der Waals surface area contributed by atoms with Gasteiger partial charge < -0.3 is 14.6 Å². The van der Waals surface area contributed by atoms with Gasteiger partial charge in [-0.2, -0.15) is 0 Å². The van der Waals surface area contributed by atoms with Gasteiger partial charge in [-0.1, -0.05) is 18.2 Å². The number of hydrogen-bond acceptors (Lipinski definition) is 5. The van der Waals surface area contributed by atoms with Crippen molar-refractivity contribution in [2.24, 2.45) is 0 Å². The quantitative estimate of drug-likeness (QED) is 0.767. The molecule has 0 fully saturated rings. The molecule has 4 rings (SSSR count). The van der Waals surface area contributed by atoms with Crippen molar-refractivity contribution >= 4 is 16.7 Å². The molecule has 0 unspecified atom stereocenters. The summed E-state index contributed by atoms with van der Waals surface area (Å²) in [5, 5.41) is 18.7. The number of fused-ring (bicyclic) bond motifs is 2. The predicted molar refractivity (Wildman–Crippen MR) is 78.7 cm³/mol. The van der Waals surface area contributed by atoms with Crippen molar-refractivity contribution in [3.63, 3.8) is 0 Å². The molecule has 6 heteroatoms. The first-order valence-corrected chi connectivity index (χ1v) is 6.96. The summed E-state index contributed by atoms with van der Waals surface area (Å²) in [6, 6.07) is 9.86. The lowest BCUT2D eigenvalue weighted by atomic mass is 10.1. The predicted octanol–water partition coefficient (Wildman–Crippen LogP) is 1.34. The number of aromatic nitrogens is 4. The Morgan fingerprint density at radius 3 is 3.00 bits per heavy atom. The number of aliphatic hydroxyl groups is 1. The van der Waals surface area contributed by atoms with Crippen LogP contribution in [-0.2, 0) is 19.7 Å². The zero-order valence-corrected chi connectivity index (χ0v) is 11.5. The first kappa shape index (κ1) is 12.3. The molecule has 0 atom stereocenters. The third-order valence-electron chi connectivity index (χ3n) is 3.92. The maximum atomic E-state index is 9.61. The normalized spacial score (nSPS) is 14.4. The van der Waals surface area contributed by atoms with Crippen LogP contribution in [-0.4, -0.2) is 31.4 Å². The number of nitrogens with zero attached hydrogens (tertiary/aromatic N) is 5. The first-order chi connectivity index (χ1) is 10.3. The monoisotopic (exact) mass is 281 g/mol. The summed E-state index contributed by atoms with van der Waals surface area (Å²) in [6.07, 6.45) is 1.76. The van der Waals surface area contributed by atoms with Crippen LogP contribution in [0.3, 0.4) is 0 Å². The lowest BCUT2D eigenvalue weighted by Gasteiger charge is -2.28. The molecule has 1 aliphatic rings. The summed E-state index contributed by atoms with van der Waals surface area (Å²) >= 11 is 0. The topological polar surface area (TPSA) is 67.1 Å².